The maximum absolute atomic E-state index is 13.3. The van der Waals surface area contributed by atoms with Crippen LogP contribution in [-0.2, 0) is 12.8 Å². The van der Waals surface area contributed by atoms with Crippen LogP contribution in [0.15, 0.2) is 18.2 Å². The summed E-state index contributed by atoms with van der Waals surface area (Å²) < 4.78 is 13.3. The first-order valence-corrected chi connectivity index (χ1v) is 4.80. The summed E-state index contributed by atoms with van der Waals surface area (Å²) in [4.78, 5) is 0. The molecule has 0 saturated heterocycles. The average Bonchev–Trinajstić information content (AvgIpc) is 2.64. The van der Waals surface area contributed by atoms with Crippen molar-refractivity contribution in [1.29, 1.82) is 0 Å². The molecule has 1 aliphatic rings. The van der Waals surface area contributed by atoms with Gasteiger partial charge >= 0.3 is 0 Å². The maximum atomic E-state index is 13.3. The number of fused-ring (bicyclic) bond motifs is 1. The third kappa shape index (κ3) is 1.58. The van der Waals surface area contributed by atoms with E-state index in [-0.39, 0.29) is 6.54 Å². The number of anilines is 1. The summed E-state index contributed by atoms with van der Waals surface area (Å²) >= 11 is 0. The van der Waals surface area contributed by atoms with E-state index in [1.54, 1.807) is 6.07 Å². The van der Waals surface area contributed by atoms with Crippen molar-refractivity contribution in [1.82, 2.24) is 0 Å². The largest absolute Gasteiger partial charge is 0.200 e. The molecule has 0 bridgehead atoms. The van der Waals surface area contributed by atoms with Crippen molar-refractivity contribution in [3.05, 3.63) is 29.3 Å². The van der Waals surface area contributed by atoms with Crippen molar-refractivity contribution in [2.24, 2.45) is 0 Å². The summed E-state index contributed by atoms with van der Waals surface area (Å²) in [5, 5.41) is 0.610. The molecule has 0 N–H and O–H groups in total. The normalized spacial score (nSPS) is 13.4. The Bertz CT molecular complexity index is 378. The highest BCUT2D eigenvalue weighted by atomic mass is 19.2. The van der Waals surface area contributed by atoms with Crippen LogP contribution in [0.3, 0.4) is 0 Å². The molecule has 0 aliphatic heterocycles. The fourth-order valence-electron chi connectivity index (χ4n) is 1.88. The van der Waals surface area contributed by atoms with Gasteiger partial charge in [-0.15, -0.1) is 6.42 Å². The van der Waals surface area contributed by atoms with E-state index in [9.17, 15) is 4.48 Å². The SMILES string of the molecule is C#CCN(F)c1ccc2c(c1)CCC2. The van der Waals surface area contributed by atoms with Gasteiger partial charge in [-0.05, 0) is 42.5 Å². The van der Waals surface area contributed by atoms with Crippen LogP contribution in [0.5, 0.6) is 0 Å². The molecule has 1 aromatic rings. The van der Waals surface area contributed by atoms with Gasteiger partial charge in [-0.1, -0.05) is 16.5 Å². The van der Waals surface area contributed by atoms with Crippen LogP contribution in [0.25, 0.3) is 0 Å². The molecule has 14 heavy (non-hydrogen) atoms. The number of halogens is 1. The summed E-state index contributed by atoms with van der Waals surface area (Å²) in [6.45, 7) is 0.0127. The number of hydrogen-bond acceptors (Lipinski definition) is 1. The van der Waals surface area contributed by atoms with Gasteiger partial charge in [-0.25, -0.2) is 0 Å². The summed E-state index contributed by atoms with van der Waals surface area (Å²) in [6.07, 6.45) is 8.41. The minimum atomic E-state index is 0.0127. The Morgan fingerprint density at radius 1 is 1.36 bits per heavy atom. The smallest absolute Gasteiger partial charge is 0.111 e. The zero-order valence-corrected chi connectivity index (χ0v) is 7.96. The molecule has 1 aromatic carbocycles. The lowest BCUT2D eigenvalue weighted by Crippen LogP contribution is -2.11. The van der Waals surface area contributed by atoms with Crippen LogP contribution in [0.4, 0.5) is 10.2 Å². The van der Waals surface area contributed by atoms with E-state index in [1.807, 2.05) is 12.1 Å². The maximum Gasteiger partial charge on any atom is 0.111 e. The molecular formula is C12H12FN. The van der Waals surface area contributed by atoms with Gasteiger partial charge in [0.25, 0.3) is 0 Å². The van der Waals surface area contributed by atoms with Crippen LogP contribution in [-0.4, -0.2) is 6.54 Å². The third-order valence-electron chi connectivity index (χ3n) is 2.59. The highest BCUT2D eigenvalue weighted by Gasteiger charge is 2.12. The van der Waals surface area contributed by atoms with Crippen molar-refractivity contribution >= 4 is 5.69 Å². The van der Waals surface area contributed by atoms with Crippen LogP contribution < -0.4 is 5.12 Å². The predicted molar refractivity (Wildman–Crippen MR) is 55.8 cm³/mol. The average molecular weight is 189 g/mol. The Balaban J connectivity index is 2.25. The van der Waals surface area contributed by atoms with Crippen molar-refractivity contribution in [3.63, 3.8) is 0 Å². The Morgan fingerprint density at radius 2 is 2.14 bits per heavy atom. The lowest BCUT2D eigenvalue weighted by Gasteiger charge is -2.11. The van der Waals surface area contributed by atoms with Gasteiger partial charge in [0.05, 0.1) is 5.69 Å². The van der Waals surface area contributed by atoms with Crippen molar-refractivity contribution < 1.29 is 4.48 Å². The molecule has 0 amide bonds. The fourth-order valence-corrected chi connectivity index (χ4v) is 1.88. The minimum Gasteiger partial charge on any atom is -0.200 e. The molecule has 0 heterocycles. The van der Waals surface area contributed by atoms with E-state index >= 15 is 0 Å². The number of hydrogen-bond donors (Lipinski definition) is 0. The number of aryl methyl sites for hydroxylation is 2. The zero-order valence-electron chi connectivity index (χ0n) is 7.96. The number of nitrogens with zero attached hydrogens (tertiary/aromatic N) is 1. The molecule has 0 radical (unpaired) electrons. The van der Waals surface area contributed by atoms with Crippen molar-refractivity contribution in [2.45, 2.75) is 19.3 Å². The molecule has 1 nitrogen and oxygen atoms in total. The summed E-state index contributed by atoms with van der Waals surface area (Å²) in [6, 6.07) is 5.70. The zero-order chi connectivity index (χ0) is 9.97. The van der Waals surface area contributed by atoms with Gasteiger partial charge in [0.15, 0.2) is 0 Å². The summed E-state index contributed by atoms with van der Waals surface area (Å²) in [7, 11) is 0. The van der Waals surface area contributed by atoms with E-state index in [4.69, 9.17) is 6.42 Å². The van der Waals surface area contributed by atoms with E-state index < -0.39 is 0 Å². The van der Waals surface area contributed by atoms with Gasteiger partial charge in [-0.3, -0.25) is 0 Å². The number of terminal acetylenes is 1. The lowest BCUT2D eigenvalue weighted by molar-refractivity contribution is 0.458. The first-order valence-electron chi connectivity index (χ1n) is 4.80. The molecule has 1 aliphatic carbocycles. The van der Waals surface area contributed by atoms with E-state index in [0.29, 0.717) is 10.8 Å². The predicted octanol–water partition coefficient (Wildman–Crippen LogP) is 2.50. The van der Waals surface area contributed by atoms with Crippen LogP contribution in [0, 0.1) is 12.3 Å². The van der Waals surface area contributed by atoms with Gasteiger partial charge in [0.1, 0.15) is 6.54 Å². The molecule has 0 fully saturated rings. The van der Waals surface area contributed by atoms with Gasteiger partial charge in [0.2, 0.25) is 0 Å². The Morgan fingerprint density at radius 3 is 2.93 bits per heavy atom. The van der Waals surface area contributed by atoms with E-state index in [2.05, 4.69) is 5.92 Å². The van der Waals surface area contributed by atoms with Gasteiger partial charge in [0, 0.05) is 0 Å². The second kappa shape index (κ2) is 3.71. The molecule has 0 atom stereocenters. The molecule has 0 spiro atoms. The van der Waals surface area contributed by atoms with E-state index in [0.717, 1.165) is 12.8 Å². The topological polar surface area (TPSA) is 3.24 Å². The third-order valence-corrected chi connectivity index (χ3v) is 2.59. The first-order chi connectivity index (χ1) is 6.81. The van der Waals surface area contributed by atoms with Gasteiger partial charge in [-0.2, -0.15) is 5.12 Å². The molecule has 72 valence electrons. The second-order valence-corrected chi connectivity index (χ2v) is 3.53. The monoisotopic (exact) mass is 189 g/mol. The Labute approximate surface area is 83.5 Å². The molecule has 2 heteroatoms. The first kappa shape index (κ1) is 9.08. The minimum absolute atomic E-state index is 0.0127. The van der Waals surface area contributed by atoms with E-state index in [1.165, 1.54) is 17.5 Å². The highest BCUT2D eigenvalue weighted by Crippen LogP contribution is 2.26. The molecule has 0 saturated carbocycles. The summed E-state index contributed by atoms with van der Waals surface area (Å²) in [5.41, 5.74) is 3.19. The van der Waals surface area contributed by atoms with Crippen LogP contribution in [0.1, 0.15) is 17.5 Å². The Hall–Kier alpha value is -1.49. The molecular weight excluding hydrogens is 177 g/mol. The number of rotatable bonds is 2. The second-order valence-electron chi connectivity index (χ2n) is 3.53. The van der Waals surface area contributed by atoms with Crippen LogP contribution in [0.2, 0.25) is 0 Å². The summed E-state index contributed by atoms with van der Waals surface area (Å²) in [5.74, 6) is 2.28. The quantitative estimate of drug-likeness (QED) is 0.510. The van der Waals surface area contributed by atoms with Crippen molar-refractivity contribution in [2.75, 3.05) is 11.7 Å². The Kier molecular flexibility index (Phi) is 2.41. The fraction of sp³-hybridized carbons (Fsp3) is 0.333. The molecule has 0 aromatic heterocycles. The lowest BCUT2D eigenvalue weighted by atomic mass is 10.1. The van der Waals surface area contributed by atoms with Crippen LogP contribution >= 0.6 is 0 Å². The van der Waals surface area contributed by atoms with Crippen molar-refractivity contribution in [3.8, 4) is 12.3 Å². The molecule has 2 rings (SSSR count). The van der Waals surface area contributed by atoms with Gasteiger partial charge < -0.3 is 0 Å². The number of benzene rings is 1. The molecule has 0 unspecified atom stereocenters. The standard InChI is InChI=1S/C12H12FN/c1-2-8-14(13)12-7-6-10-4-3-5-11(10)9-12/h1,6-7,9H,3-5,8H2. The highest BCUT2D eigenvalue weighted by molar-refractivity contribution is 5.51.